The summed E-state index contributed by atoms with van der Waals surface area (Å²) in [5, 5.41) is 62.4. The van der Waals surface area contributed by atoms with E-state index in [9.17, 15) is 59.8 Å². The van der Waals surface area contributed by atoms with Gasteiger partial charge in [-0.1, -0.05) is 0 Å². The second-order valence-corrected chi connectivity index (χ2v) is 29.7. The van der Waals surface area contributed by atoms with Gasteiger partial charge < -0.3 is 47.9 Å². The summed E-state index contributed by atoms with van der Waals surface area (Å²) in [6, 6.07) is 10.8. The average molecular weight is 1750 g/mol. The summed E-state index contributed by atoms with van der Waals surface area (Å²) in [7, 11) is -1.57. The van der Waals surface area contributed by atoms with Crippen molar-refractivity contribution in [1.82, 2.24) is 76.1 Å². The number of pyridine rings is 3. The van der Waals surface area contributed by atoms with Crippen LogP contribution in [0.3, 0.4) is 0 Å². The van der Waals surface area contributed by atoms with Crippen LogP contribution < -0.4 is 75.7 Å². The zero-order valence-electron chi connectivity index (χ0n) is 66.0. The lowest BCUT2D eigenvalue weighted by molar-refractivity contribution is -0.671. The zero-order valence-corrected chi connectivity index (χ0v) is 69.3. The van der Waals surface area contributed by atoms with Gasteiger partial charge in [0.2, 0.25) is 49.1 Å². The largest absolute Gasteiger partial charge is 0.726 e. The summed E-state index contributed by atoms with van der Waals surface area (Å²) >= 11 is 2.81. The molecule has 12 aromatic heterocycles. The van der Waals surface area contributed by atoms with E-state index in [1.54, 1.807) is 108 Å². The summed E-state index contributed by atoms with van der Waals surface area (Å²) in [6.45, 7) is 11.9. The van der Waals surface area contributed by atoms with Crippen molar-refractivity contribution in [1.29, 1.82) is 0 Å². The smallest absolute Gasteiger partial charge is 0.408 e. The molecule has 0 saturated heterocycles. The van der Waals surface area contributed by atoms with E-state index in [4.69, 9.17) is 28.7 Å². The minimum Gasteiger partial charge on any atom is -0.726 e. The molecule has 121 heavy (non-hydrogen) atoms. The van der Waals surface area contributed by atoms with Crippen molar-refractivity contribution in [3.8, 4) is 5.88 Å². The van der Waals surface area contributed by atoms with Gasteiger partial charge in [-0.15, -0.1) is 62.5 Å². The fourth-order valence-electron chi connectivity index (χ4n) is 12.2. The number of nitrogen functional groups attached to an aromatic ring is 5. The number of imidazole rings is 1. The van der Waals surface area contributed by atoms with Gasteiger partial charge in [-0.3, -0.25) is 65.5 Å². The van der Waals surface area contributed by atoms with Crippen LogP contribution in [0, 0.1) is 0 Å². The molecule has 17 rings (SSSR count). The van der Waals surface area contributed by atoms with Gasteiger partial charge in [0, 0.05) is 126 Å². The fraction of sp³-hybridized carbons (Fsp3) is 0.364. The van der Waals surface area contributed by atoms with Crippen LogP contribution in [0.15, 0.2) is 199 Å². The second kappa shape index (κ2) is 40.5. The number of nitrogens with two attached hydrogens (primary N) is 5. The second-order valence-electron chi connectivity index (χ2n) is 25.6. The molecule has 0 amide bonds. The van der Waals surface area contributed by atoms with Crippen molar-refractivity contribution in [3.63, 3.8) is 0 Å². The van der Waals surface area contributed by atoms with Crippen molar-refractivity contribution >= 4 is 140 Å². The summed E-state index contributed by atoms with van der Waals surface area (Å²) in [6.07, 6.45) is 22.0. The first-order valence-corrected chi connectivity index (χ1v) is 40.9. The van der Waals surface area contributed by atoms with E-state index >= 15 is 0 Å². The van der Waals surface area contributed by atoms with Crippen LogP contribution in [0.5, 0.6) is 5.88 Å². The number of thiazole rings is 2. The number of rotatable bonds is 16. The monoisotopic (exact) mass is 1750 g/mol. The standard InChI is InChI=1S/C13H17N5O2.C12H14N6O.C11H12N6O.C10H12N6OS.C9H11N7O.C9H10N6OS.2CH4O4S/c1-4-17-12(19)11(13(20)18(17)5-2)15-14-10-7-6-8-16(3)9-10;1-16-5-2-4-9(8-16)14-15-10-11(13)17-6-3-7-18(17)12(10)19;12-10-9(11(18)17-6-2-5-16(10)17)15-14-8-3-1-4-13-7-8;1-14-5-6-18-10(14)13-12-7-8(11)15-3-2-4-16(15)9(7)17;10-7-6(13-14-9-11-2-3-12-9)8(17)16-5-1-4-15(7)16;10-7-6(12-13-9-11-2-5-17-9)8(16)15-4-1-3-14(7)15;2*1-5-6(2,3)4/h6-9H,4-5H2,1-3H3;2,4-5,8H,3,6-7H2,1H3,(H-,13,14,19);1,3-4,7H,2,5-6,12H2;5-6,11H,2-4H2,1H3;2-3H,1,4-5,10H2,(H,11,12);2,5H,1,3-4,10H2;2*1H3,(H,2,3,4)/p+1. The average Bonchev–Trinajstić information content (AvgIpc) is 1.64. The molecule has 0 aromatic carbocycles. The predicted octanol–water partition coefficient (Wildman–Crippen LogP) is 5.36. The highest BCUT2D eigenvalue weighted by atomic mass is 32.3. The normalized spacial score (nSPS) is 13.6. The highest BCUT2D eigenvalue weighted by Crippen LogP contribution is 2.31. The molecule has 0 unspecified atom stereocenters. The van der Waals surface area contributed by atoms with Crippen LogP contribution in [0.1, 0.15) is 46.0 Å². The number of aromatic hydroxyl groups is 1. The maximum atomic E-state index is 12.1. The molecule has 12 N–H and O–H groups in total. The van der Waals surface area contributed by atoms with Crippen molar-refractivity contribution < 1.29 is 53.1 Å². The molecular weight excluding hydrogens is 1670 g/mol. The van der Waals surface area contributed by atoms with Crippen LogP contribution in [0.4, 0.5) is 96.5 Å². The molecule has 0 aliphatic carbocycles. The Hall–Kier alpha value is -13.9. The summed E-state index contributed by atoms with van der Waals surface area (Å²) in [5.41, 5.74) is 31.2. The Balaban J connectivity index is 0.000000148. The van der Waals surface area contributed by atoms with E-state index in [2.05, 4.69) is 89.7 Å². The van der Waals surface area contributed by atoms with Gasteiger partial charge in [0.1, 0.15) is 37.4 Å². The molecule has 55 heteroatoms. The van der Waals surface area contributed by atoms with E-state index in [0.29, 0.717) is 103 Å². The lowest BCUT2D eigenvalue weighted by Crippen LogP contribution is -2.25. The minimum atomic E-state index is -4.41. The number of aryl methyl sites for hydroxylation is 3. The van der Waals surface area contributed by atoms with E-state index < -0.39 is 20.8 Å². The highest BCUT2D eigenvalue weighted by Gasteiger charge is 2.27. The Labute approximate surface area is 692 Å². The van der Waals surface area contributed by atoms with E-state index in [1.165, 1.54) is 32.0 Å². The molecule has 642 valence electrons. The Bertz CT molecular complexity index is 6300. The van der Waals surface area contributed by atoms with Crippen LogP contribution in [-0.2, 0) is 129 Å². The molecule has 0 atom stereocenters. The van der Waals surface area contributed by atoms with Gasteiger partial charge >= 0.3 is 5.13 Å². The van der Waals surface area contributed by atoms with Gasteiger partial charge in [0.15, 0.2) is 76.6 Å². The first-order chi connectivity index (χ1) is 57.9. The summed E-state index contributed by atoms with van der Waals surface area (Å²) < 4.78 is 87.3. The predicted molar refractivity (Wildman–Crippen MR) is 434 cm³/mol. The number of fused-ring (bicyclic) bond motifs is 5. The SMILES string of the molecule is CCn1c(O)c(N=Nc2ccc[n+](C)c2)c(=O)n1CC.COS(=O)(=O)[O-].COS(=O)(=O)[O-].C[n+]1cccc(N=Nc2c(N)n3n(c2=O)CCC3)c1.C[n+]1ccsc1N=Nc1c(N)n2n(c1=O)CCC2.Nc1c(N=Nc2cccnc2)c(=O)n2n1CCC2.Nc1c(N=Nc2ncc[nH]2)c(=O)n2n1CCC2.Nc1c(N=Nc2nccs2)c(=O)n2n1CCC2. The number of H-pyrrole nitrogens is 1. The van der Waals surface area contributed by atoms with Crippen molar-refractivity contribution in [2.45, 2.75) is 124 Å². The quantitative estimate of drug-likeness (QED) is 0.0277. The van der Waals surface area contributed by atoms with E-state index in [-0.39, 0.29) is 73.4 Å². The molecule has 12 aromatic rings. The lowest BCUT2D eigenvalue weighted by atomic mass is 10.4. The summed E-state index contributed by atoms with van der Waals surface area (Å²) in [5.74, 6) is 2.12. The molecule has 5 aliphatic rings. The Morgan fingerprint density at radius 1 is 0.455 bits per heavy atom. The van der Waals surface area contributed by atoms with Crippen molar-refractivity contribution in [2.24, 2.45) is 82.5 Å². The molecule has 0 spiro atoms. The number of aromatic nitrogens is 19. The third kappa shape index (κ3) is 22.1. The van der Waals surface area contributed by atoms with Crippen LogP contribution in [-0.4, -0.2) is 121 Å². The molecule has 5 aliphatic heterocycles. The number of hydrogen-bond donors (Lipinski definition) is 7. The number of anilines is 5. The van der Waals surface area contributed by atoms with Gasteiger partial charge in [0.05, 0.1) is 32.6 Å². The van der Waals surface area contributed by atoms with E-state index in [1.807, 2.05) is 97.1 Å². The molecule has 51 nitrogen and oxygen atoms in total. The fourth-order valence-corrected chi connectivity index (χ4v) is 13.3. The van der Waals surface area contributed by atoms with Crippen LogP contribution in [0.2, 0.25) is 0 Å². The van der Waals surface area contributed by atoms with Gasteiger partial charge in [-0.05, 0) is 86.7 Å². The summed E-state index contributed by atoms with van der Waals surface area (Å²) in [4.78, 5) is 86.6. The molecule has 0 bridgehead atoms. The first kappa shape index (κ1) is 89.5. The van der Waals surface area contributed by atoms with Crippen LogP contribution >= 0.6 is 22.7 Å². The number of azo groups is 6. The maximum Gasteiger partial charge on any atom is 0.408 e. The third-order valence-electron chi connectivity index (χ3n) is 17.8. The van der Waals surface area contributed by atoms with Crippen molar-refractivity contribution in [3.05, 3.63) is 171 Å². The van der Waals surface area contributed by atoms with Crippen LogP contribution in [0.25, 0.3) is 0 Å². The molecule has 0 saturated carbocycles. The Kier molecular flexibility index (Phi) is 30.0. The topological polar surface area (TPSA) is 659 Å². The van der Waals surface area contributed by atoms with E-state index in [0.717, 1.165) is 84.2 Å². The number of nitrogens with one attached hydrogen (secondary N) is 1. The van der Waals surface area contributed by atoms with Gasteiger partial charge in [0.25, 0.3) is 33.4 Å². The molecular formula is C66H85N36O15S4+. The maximum absolute atomic E-state index is 12.1. The minimum absolute atomic E-state index is 0.0276. The van der Waals surface area contributed by atoms with Gasteiger partial charge in [-0.2, -0.15) is 0 Å². The number of hydrogen-bond acceptors (Lipinski definition) is 37. The molecule has 17 heterocycles. The van der Waals surface area contributed by atoms with Gasteiger partial charge in [-0.25, -0.2) is 73.3 Å². The number of nitrogens with zero attached hydrogens (tertiary/aromatic N) is 30. The lowest BCUT2D eigenvalue weighted by Gasteiger charge is -2.06. The number of aromatic amines is 1. The Morgan fingerprint density at radius 3 is 1.15 bits per heavy atom. The molecule has 0 fully saturated rings. The Morgan fingerprint density at radius 2 is 0.826 bits per heavy atom. The zero-order chi connectivity index (χ0) is 87.4. The molecule has 0 radical (unpaired) electrons. The first-order valence-electron chi connectivity index (χ1n) is 36.5. The van der Waals surface area contributed by atoms with Crippen molar-refractivity contribution in [2.75, 3.05) is 42.9 Å². The highest BCUT2D eigenvalue weighted by molar-refractivity contribution is 7.81. The third-order valence-corrected chi connectivity index (χ3v) is 20.1.